The van der Waals surface area contributed by atoms with E-state index < -0.39 is 17.8 Å². The van der Waals surface area contributed by atoms with Crippen molar-refractivity contribution in [1.82, 2.24) is 10.4 Å². The van der Waals surface area contributed by atoms with Gasteiger partial charge in [0.2, 0.25) is 11.5 Å². The Hall–Kier alpha value is -5.31. The third-order valence-electron chi connectivity index (χ3n) is 18.9. The number of hydrogen-bond donors (Lipinski definition) is 1. The number of hydroxylamine groups is 2. The Morgan fingerprint density at radius 2 is 0.732 bits per heavy atom. The van der Waals surface area contributed by atoms with Gasteiger partial charge < -0.3 is 138 Å². The molecule has 0 spiro atoms. The van der Waals surface area contributed by atoms with Crippen LogP contribution in [0.3, 0.4) is 0 Å². The Kier molecular flexibility index (Phi) is 68.2. The lowest BCUT2D eigenvalue weighted by molar-refractivity contribution is -0.678. The van der Waals surface area contributed by atoms with Crippen molar-refractivity contribution < 1.29 is 147 Å². The normalized spacial score (nSPS) is 13.4. The van der Waals surface area contributed by atoms with Crippen LogP contribution in [-0.2, 0) is 150 Å². The Balaban J connectivity index is 0.713. The molecule has 37 heteroatoms. The van der Waals surface area contributed by atoms with Crippen LogP contribution in [0.15, 0.2) is 52.7 Å². The summed E-state index contributed by atoms with van der Waals surface area (Å²) in [6.07, 6.45) is 12.8. The number of aromatic nitrogens is 1. The van der Waals surface area contributed by atoms with Crippen LogP contribution in [0, 0.1) is 0 Å². The number of fused-ring (bicyclic) bond motifs is 2. The van der Waals surface area contributed by atoms with Crippen molar-refractivity contribution in [3.8, 4) is 0 Å². The number of ether oxygens (including phenoxy) is 24. The molecule has 0 radical (unpaired) electrons. The summed E-state index contributed by atoms with van der Waals surface area (Å²) < 4.78 is 141. The number of carbonyl (C=O) groups excluding carboxylic acids is 4. The highest BCUT2D eigenvalue weighted by atomic mass is 35.5. The zero-order chi connectivity index (χ0) is 90.6. The number of oxazole rings is 1. The average molecular weight is 1850 g/mol. The number of unbranched alkanes of at least 4 members (excludes halogenated alkanes) is 5. The topological polar surface area (TPSA) is 338 Å². The van der Waals surface area contributed by atoms with Gasteiger partial charge >= 0.3 is 11.9 Å². The van der Waals surface area contributed by atoms with Gasteiger partial charge in [0.05, 0.1) is 338 Å². The highest BCUT2D eigenvalue weighted by Crippen LogP contribution is 2.46. The molecule has 1 fully saturated rings. The molecule has 728 valence electrons. The first-order chi connectivity index (χ1) is 62.3. The van der Waals surface area contributed by atoms with E-state index in [1.807, 2.05) is 24.3 Å². The minimum Gasteiger partial charge on any atom is -0.398 e. The minimum atomic E-state index is -0.617. The van der Waals surface area contributed by atoms with Gasteiger partial charge in [-0.2, -0.15) is 4.57 Å². The van der Waals surface area contributed by atoms with E-state index >= 15 is 0 Å². The number of nitrogens with zero attached hydrogens (tertiary/aromatic N) is 4. The van der Waals surface area contributed by atoms with Gasteiger partial charge in [-0.1, -0.05) is 76.2 Å². The van der Waals surface area contributed by atoms with Crippen LogP contribution in [0.4, 0.5) is 11.4 Å². The van der Waals surface area contributed by atoms with Crippen LogP contribution < -0.4 is 19.7 Å². The van der Waals surface area contributed by atoms with E-state index in [9.17, 15) is 19.2 Å². The number of carbonyl (C=O) groups is 4. The highest BCUT2D eigenvalue weighted by molar-refractivity contribution is 6.42. The monoisotopic (exact) mass is 1850 g/mol. The van der Waals surface area contributed by atoms with Crippen LogP contribution in [-0.4, -0.2) is 366 Å². The van der Waals surface area contributed by atoms with E-state index in [1.54, 1.807) is 7.11 Å². The maximum atomic E-state index is 12.9. The predicted molar refractivity (Wildman–Crippen MR) is 476 cm³/mol. The first kappa shape index (κ1) is 112. The number of rotatable bonds is 90. The molecule has 0 bridgehead atoms. The second kappa shape index (κ2) is 77.2. The van der Waals surface area contributed by atoms with E-state index in [-0.39, 0.29) is 30.6 Å². The van der Waals surface area contributed by atoms with E-state index in [4.69, 9.17) is 146 Å². The molecule has 0 saturated carbocycles. The van der Waals surface area contributed by atoms with Crippen LogP contribution in [0.25, 0.3) is 17.2 Å². The number of allylic oxidation sites excluding steroid dienone is 2. The SMILES string of the molecule is CCCC[n+]1c(C=CC=C2N(CCCCCC(=O)NCCOCCOCCOCCOCCOCCOCCOCCOCCOCCOCCOCCOCCOCCOCCOCCOCCOCCOCCOCCOCCOCCOCCOCCOC)c3cc(Cl)c(Cl)cc3N2CCCCCC(=O)ON2C(=O)CCC2=O)oc2ccc(C(C)(C)C)cc21. The third-order valence-corrected chi connectivity index (χ3v) is 19.6. The van der Waals surface area contributed by atoms with Crippen molar-refractivity contribution in [1.29, 1.82) is 0 Å². The standard InChI is InChI=1S/C90H149Cl2N5O30/c1-6-7-24-96-82-74-77(90(2,3)4)19-20-83(82)126-88(96)17-14-16-85-94(80-75-78(91)79(92)76-81(80)95(85)26-13-9-11-18-89(101)127-97-86(99)21-22-87(97)100)25-12-8-10-15-84(98)93-23-27-103-30-31-105-34-35-107-38-39-109-42-43-111-46-47-113-50-51-115-54-55-117-58-59-119-62-63-121-66-67-123-70-71-125-73-72-124-69-68-122-65-64-120-61-60-118-57-56-116-53-52-114-49-48-112-45-44-110-41-40-108-37-36-106-33-32-104-29-28-102-5/h14,16-17,19-20,74-76H,6-13,15,18,21-73H2,1-5H3/p+1. The van der Waals surface area contributed by atoms with E-state index in [0.717, 1.165) is 66.4 Å². The number of aryl methyl sites for hydroxylation is 1. The summed E-state index contributed by atoms with van der Waals surface area (Å²) in [5.41, 5.74) is 4.88. The molecule has 5 rings (SSSR count). The van der Waals surface area contributed by atoms with Gasteiger partial charge in [0.15, 0.2) is 6.54 Å². The largest absolute Gasteiger partial charge is 0.398 e. The number of methoxy groups -OCH3 is 1. The van der Waals surface area contributed by atoms with Gasteiger partial charge in [-0.05, 0) is 67.0 Å². The number of amides is 3. The summed E-state index contributed by atoms with van der Waals surface area (Å²) >= 11 is 13.4. The van der Waals surface area contributed by atoms with Crippen molar-refractivity contribution >= 4 is 75.4 Å². The smallest absolute Gasteiger partial charge is 0.374 e. The van der Waals surface area contributed by atoms with Gasteiger partial charge in [-0.15, -0.1) is 5.06 Å². The summed E-state index contributed by atoms with van der Waals surface area (Å²) in [4.78, 5) is 59.1. The molecule has 3 heterocycles. The fourth-order valence-electron chi connectivity index (χ4n) is 12.1. The zero-order valence-corrected chi connectivity index (χ0v) is 78.0. The van der Waals surface area contributed by atoms with Crippen LogP contribution >= 0.6 is 23.2 Å². The quantitative estimate of drug-likeness (QED) is 0.0312. The van der Waals surface area contributed by atoms with Crippen molar-refractivity contribution in [2.45, 2.75) is 117 Å². The molecule has 0 aliphatic carbocycles. The number of imide groups is 1. The predicted octanol–water partition coefficient (Wildman–Crippen LogP) is 9.18. The second-order valence-corrected chi connectivity index (χ2v) is 30.7. The van der Waals surface area contributed by atoms with Crippen LogP contribution in [0.5, 0.6) is 0 Å². The van der Waals surface area contributed by atoms with Crippen molar-refractivity contribution in [2.75, 3.05) is 347 Å². The number of anilines is 2. The van der Waals surface area contributed by atoms with E-state index in [0.29, 0.717) is 377 Å². The lowest BCUT2D eigenvalue weighted by Crippen LogP contribution is -2.35. The molecule has 1 saturated heterocycles. The Morgan fingerprint density at radius 1 is 0.417 bits per heavy atom. The van der Waals surface area contributed by atoms with E-state index in [1.165, 1.54) is 5.56 Å². The maximum Gasteiger partial charge on any atom is 0.374 e. The lowest BCUT2D eigenvalue weighted by atomic mass is 9.87. The average Bonchev–Trinajstić information content (AvgIpc) is 1.61. The van der Waals surface area contributed by atoms with Gasteiger partial charge in [0, 0.05) is 64.9 Å². The Bertz CT molecular complexity index is 3290. The zero-order valence-electron chi connectivity index (χ0n) is 76.5. The molecule has 2 aliphatic rings. The fraction of sp³-hybridized carbons (Fsp3) is 0.767. The molecular formula is C90H150Cl2N5O30+. The van der Waals surface area contributed by atoms with Gasteiger partial charge in [0.1, 0.15) is 5.82 Å². The molecule has 0 atom stereocenters. The van der Waals surface area contributed by atoms with Crippen LogP contribution in [0.1, 0.15) is 116 Å². The third kappa shape index (κ3) is 55.7. The van der Waals surface area contributed by atoms with Gasteiger partial charge in [-0.3, -0.25) is 14.4 Å². The molecule has 127 heavy (non-hydrogen) atoms. The molecule has 2 aliphatic heterocycles. The molecule has 3 amide bonds. The molecule has 2 aromatic carbocycles. The molecule has 1 N–H and O–H groups in total. The summed E-state index contributed by atoms with van der Waals surface area (Å²) in [6, 6.07) is 10.2. The Labute approximate surface area is 762 Å². The molecule has 1 aromatic heterocycles. The maximum absolute atomic E-state index is 12.9. The first-order valence-electron chi connectivity index (χ1n) is 45.3. The molecule has 3 aromatic rings. The minimum absolute atomic E-state index is 0.0308. The number of benzene rings is 2. The van der Waals surface area contributed by atoms with Crippen molar-refractivity contribution in [2.24, 2.45) is 0 Å². The first-order valence-corrected chi connectivity index (χ1v) is 46.1. The van der Waals surface area contributed by atoms with Crippen molar-refractivity contribution in [3.63, 3.8) is 0 Å². The fourth-order valence-corrected chi connectivity index (χ4v) is 12.5. The Morgan fingerprint density at radius 3 is 1.05 bits per heavy atom. The lowest BCUT2D eigenvalue weighted by Gasteiger charge is -2.25. The molecule has 0 unspecified atom stereocenters. The second-order valence-electron chi connectivity index (χ2n) is 29.9. The summed E-state index contributed by atoms with van der Waals surface area (Å²) in [7, 11) is 1.64. The molecule has 35 nitrogen and oxygen atoms in total. The van der Waals surface area contributed by atoms with Crippen LogP contribution in [0.2, 0.25) is 10.0 Å². The van der Waals surface area contributed by atoms with Gasteiger partial charge in [0.25, 0.3) is 17.3 Å². The summed E-state index contributed by atoms with van der Waals surface area (Å²) in [5.74, 6) is -0.00458. The highest BCUT2D eigenvalue weighted by Gasteiger charge is 2.34. The number of hydrogen-bond acceptors (Lipinski definition) is 32. The summed E-state index contributed by atoms with van der Waals surface area (Å²) in [6.45, 7) is 33.5. The van der Waals surface area contributed by atoms with E-state index in [2.05, 4.69) is 71.7 Å². The van der Waals surface area contributed by atoms with Crippen molar-refractivity contribution in [3.05, 3.63) is 69.8 Å². The van der Waals surface area contributed by atoms with Gasteiger partial charge in [-0.25, -0.2) is 4.79 Å². The molecular weight excluding hydrogens is 1700 g/mol. The summed E-state index contributed by atoms with van der Waals surface area (Å²) in [5, 5.41) is 4.41. The number of nitrogens with one attached hydrogen (secondary N) is 1. The number of halogens is 2.